The monoisotopic (exact) mass is 284 g/mol. The number of nitrogens with zero attached hydrogens (tertiary/aromatic N) is 2. The largest absolute Gasteiger partial charge is 0.481 e. The van der Waals surface area contributed by atoms with E-state index in [-0.39, 0.29) is 12.3 Å². The van der Waals surface area contributed by atoms with Crippen molar-refractivity contribution in [2.75, 3.05) is 32.7 Å². The van der Waals surface area contributed by atoms with E-state index < -0.39 is 5.97 Å². The fourth-order valence-electron chi connectivity index (χ4n) is 2.76. The summed E-state index contributed by atoms with van der Waals surface area (Å²) in [6.07, 6.45) is 3.05. The quantitative estimate of drug-likeness (QED) is 0.738. The molecule has 1 rings (SSSR count). The number of hydrogen-bond donors (Lipinski definition) is 1. The Bertz CT molecular complexity index is 308. The average Bonchev–Trinajstić information content (AvgIpc) is 2.44. The summed E-state index contributed by atoms with van der Waals surface area (Å²) in [5, 5.41) is 8.57. The van der Waals surface area contributed by atoms with E-state index in [4.69, 9.17) is 5.11 Å². The summed E-state index contributed by atoms with van der Waals surface area (Å²) < 4.78 is 0. The van der Waals surface area contributed by atoms with Crippen LogP contribution in [-0.4, -0.2) is 59.5 Å². The van der Waals surface area contributed by atoms with Crippen molar-refractivity contribution in [2.24, 2.45) is 5.92 Å². The maximum absolute atomic E-state index is 11.9. The van der Waals surface area contributed by atoms with Crippen molar-refractivity contribution in [2.45, 2.75) is 46.0 Å². The number of rotatable bonds is 8. The lowest BCUT2D eigenvalue weighted by Gasteiger charge is -2.34. The average molecular weight is 284 g/mol. The molecule has 0 spiro atoms. The highest BCUT2D eigenvalue weighted by Gasteiger charge is 2.23. The second-order valence-corrected chi connectivity index (χ2v) is 5.56. The number of carbonyl (C=O) groups excluding carboxylic acids is 1. The SMILES string of the molecule is CCN(CC)CC1CCN(C(=O)CCCC(=O)O)CC1. The molecule has 0 aromatic carbocycles. The molecule has 1 aliphatic rings. The molecule has 5 heteroatoms. The van der Waals surface area contributed by atoms with Crippen molar-refractivity contribution in [3.05, 3.63) is 0 Å². The molecule has 1 aliphatic heterocycles. The van der Waals surface area contributed by atoms with Crippen molar-refractivity contribution >= 4 is 11.9 Å². The predicted octanol–water partition coefficient (Wildman–Crippen LogP) is 1.82. The molecular formula is C15H28N2O3. The summed E-state index contributed by atoms with van der Waals surface area (Å²) in [6.45, 7) is 9.34. The standard InChI is InChI=1S/C15H28N2O3/c1-3-16(4-2)12-13-8-10-17(11-9-13)14(18)6-5-7-15(19)20/h13H,3-12H2,1-2H3,(H,19,20). The predicted molar refractivity (Wildman–Crippen MR) is 78.6 cm³/mol. The van der Waals surface area contributed by atoms with Crippen LogP contribution < -0.4 is 0 Å². The zero-order valence-electron chi connectivity index (χ0n) is 12.8. The van der Waals surface area contributed by atoms with Crippen LogP contribution >= 0.6 is 0 Å². The normalized spacial score (nSPS) is 16.6. The molecule has 0 aromatic heterocycles. The summed E-state index contributed by atoms with van der Waals surface area (Å²) in [5.41, 5.74) is 0. The molecule has 1 fully saturated rings. The third-order valence-corrected chi connectivity index (χ3v) is 4.16. The summed E-state index contributed by atoms with van der Waals surface area (Å²) in [4.78, 5) is 26.7. The smallest absolute Gasteiger partial charge is 0.303 e. The molecule has 1 amide bonds. The van der Waals surface area contributed by atoms with Crippen LogP contribution in [0.15, 0.2) is 0 Å². The van der Waals surface area contributed by atoms with Gasteiger partial charge in [0.15, 0.2) is 0 Å². The molecule has 0 unspecified atom stereocenters. The minimum atomic E-state index is -0.823. The molecule has 0 aliphatic carbocycles. The Kier molecular flexibility index (Phi) is 7.59. The van der Waals surface area contributed by atoms with Crippen molar-refractivity contribution in [3.63, 3.8) is 0 Å². The number of carboxylic acid groups (broad SMARTS) is 1. The fraction of sp³-hybridized carbons (Fsp3) is 0.867. The lowest BCUT2D eigenvalue weighted by molar-refractivity contribution is -0.137. The first kappa shape index (κ1) is 17.0. The fourth-order valence-corrected chi connectivity index (χ4v) is 2.76. The van der Waals surface area contributed by atoms with E-state index in [2.05, 4.69) is 18.7 Å². The summed E-state index contributed by atoms with van der Waals surface area (Å²) >= 11 is 0. The van der Waals surface area contributed by atoms with E-state index in [0.29, 0.717) is 18.8 Å². The molecule has 1 saturated heterocycles. The second kappa shape index (κ2) is 8.95. The number of carboxylic acids is 1. The van der Waals surface area contributed by atoms with Crippen LogP contribution in [0.1, 0.15) is 46.0 Å². The Morgan fingerprint density at radius 1 is 1.15 bits per heavy atom. The van der Waals surface area contributed by atoms with Gasteiger partial charge in [-0.3, -0.25) is 9.59 Å². The highest BCUT2D eigenvalue weighted by Crippen LogP contribution is 2.19. The zero-order valence-corrected chi connectivity index (χ0v) is 12.8. The van der Waals surface area contributed by atoms with Crippen LogP contribution in [0.4, 0.5) is 0 Å². The molecule has 20 heavy (non-hydrogen) atoms. The van der Waals surface area contributed by atoms with Gasteiger partial charge in [-0.05, 0) is 38.3 Å². The van der Waals surface area contributed by atoms with E-state index in [1.54, 1.807) is 0 Å². The zero-order chi connectivity index (χ0) is 15.0. The molecule has 0 atom stereocenters. The van der Waals surface area contributed by atoms with E-state index >= 15 is 0 Å². The molecular weight excluding hydrogens is 256 g/mol. The minimum Gasteiger partial charge on any atom is -0.481 e. The first-order valence-electron chi connectivity index (χ1n) is 7.78. The number of carbonyl (C=O) groups is 2. The number of amides is 1. The minimum absolute atomic E-state index is 0.0875. The first-order valence-corrected chi connectivity index (χ1v) is 7.78. The van der Waals surface area contributed by atoms with Gasteiger partial charge in [-0.2, -0.15) is 0 Å². The molecule has 0 saturated carbocycles. The second-order valence-electron chi connectivity index (χ2n) is 5.56. The third-order valence-electron chi connectivity index (χ3n) is 4.16. The molecule has 0 radical (unpaired) electrons. The maximum atomic E-state index is 11.9. The van der Waals surface area contributed by atoms with Crippen LogP contribution in [0, 0.1) is 5.92 Å². The number of piperidine rings is 1. The van der Waals surface area contributed by atoms with E-state index in [1.165, 1.54) is 0 Å². The highest BCUT2D eigenvalue weighted by molar-refractivity contribution is 5.77. The number of aliphatic carboxylic acids is 1. The number of likely N-dealkylation sites (tertiary alicyclic amines) is 1. The molecule has 5 nitrogen and oxygen atoms in total. The van der Waals surface area contributed by atoms with Gasteiger partial charge in [0.2, 0.25) is 5.91 Å². The summed E-state index contributed by atoms with van der Waals surface area (Å²) in [7, 11) is 0. The molecule has 116 valence electrons. The Balaban J connectivity index is 2.24. The van der Waals surface area contributed by atoms with Crippen LogP contribution in [0.5, 0.6) is 0 Å². The Hall–Kier alpha value is -1.10. The molecule has 1 heterocycles. The Morgan fingerprint density at radius 2 is 1.75 bits per heavy atom. The van der Waals surface area contributed by atoms with Gasteiger partial charge in [-0.15, -0.1) is 0 Å². The summed E-state index contributed by atoms with van der Waals surface area (Å²) in [6, 6.07) is 0. The van der Waals surface area contributed by atoms with Crippen molar-refractivity contribution in [1.29, 1.82) is 0 Å². The maximum Gasteiger partial charge on any atom is 0.303 e. The van der Waals surface area contributed by atoms with Gasteiger partial charge in [-0.25, -0.2) is 0 Å². The van der Waals surface area contributed by atoms with E-state index in [9.17, 15) is 9.59 Å². The first-order chi connectivity index (χ1) is 9.56. The van der Waals surface area contributed by atoms with Crippen LogP contribution in [-0.2, 0) is 9.59 Å². The van der Waals surface area contributed by atoms with E-state index in [0.717, 1.165) is 45.6 Å². The van der Waals surface area contributed by atoms with Crippen LogP contribution in [0.25, 0.3) is 0 Å². The lowest BCUT2D eigenvalue weighted by atomic mass is 9.96. The van der Waals surface area contributed by atoms with Gasteiger partial charge in [0.05, 0.1) is 0 Å². The topological polar surface area (TPSA) is 60.9 Å². The molecule has 0 bridgehead atoms. The van der Waals surface area contributed by atoms with Crippen molar-refractivity contribution in [3.8, 4) is 0 Å². The molecule has 0 aromatic rings. The highest BCUT2D eigenvalue weighted by atomic mass is 16.4. The van der Waals surface area contributed by atoms with Gasteiger partial charge < -0.3 is 14.9 Å². The Labute approximate surface area is 121 Å². The van der Waals surface area contributed by atoms with E-state index in [1.807, 2.05) is 4.90 Å². The van der Waals surface area contributed by atoms with Crippen molar-refractivity contribution in [1.82, 2.24) is 9.80 Å². The summed E-state index contributed by atoms with van der Waals surface area (Å²) in [5.74, 6) is -0.0127. The number of hydrogen-bond acceptors (Lipinski definition) is 3. The van der Waals surface area contributed by atoms with Gasteiger partial charge in [0.25, 0.3) is 0 Å². The van der Waals surface area contributed by atoms with Gasteiger partial charge in [0.1, 0.15) is 0 Å². The third kappa shape index (κ3) is 5.90. The van der Waals surface area contributed by atoms with Crippen molar-refractivity contribution < 1.29 is 14.7 Å². The van der Waals surface area contributed by atoms with Gasteiger partial charge in [0, 0.05) is 32.5 Å². The van der Waals surface area contributed by atoms with Crippen LogP contribution in [0.3, 0.4) is 0 Å². The van der Waals surface area contributed by atoms with Gasteiger partial charge >= 0.3 is 5.97 Å². The van der Waals surface area contributed by atoms with Crippen LogP contribution in [0.2, 0.25) is 0 Å². The lowest BCUT2D eigenvalue weighted by Crippen LogP contribution is -2.41. The Morgan fingerprint density at radius 3 is 2.25 bits per heavy atom. The van der Waals surface area contributed by atoms with Gasteiger partial charge in [-0.1, -0.05) is 13.8 Å². The molecule has 1 N–H and O–H groups in total.